The van der Waals surface area contributed by atoms with E-state index >= 15 is 0 Å². The second kappa shape index (κ2) is 9.55. The van der Waals surface area contributed by atoms with Crippen molar-refractivity contribution in [1.29, 1.82) is 0 Å². The standard InChI is InChI=1S/C12H24N2O3.ClH/c1-3-16-6-7-17-9(2)12(15)14-8-11(13)10-4-5-10;/h9-11H,3-8,13H2,1-2H3,(H,14,15);1H. The smallest absolute Gasteiger partial charge is 0.248 e. The Morgan fingerprint density at radius 3 is 2.67 bits per heavy atom. The number of ether oxygens (including phenoxy) is 2. The van der Waals surface area contributed by atoms with Crippen molar-refractivity contribution in [1.82, 2.24) is 5.32 Å². The molecule has 0 bridgehead atoms. The molecule has 1 amide bonds. The summed E-state index contributed by atoms with van der Waals surface area (Å²) < 4.78 is 10.5. The molecule has 0 spiro atoms. The van der Waals surface area contributed by atoms with Gasteiger partial charge in [-0.15, -0.1) is 12.4 Å². The van der Waals surface area contributed by atoms with Gasteiger partial charge in [0.1, 0.15) is 6.10 Å². The van der Waals surface area contributed by atoms with Gasteiger partial charge in [-0.1, -0.05) is 0 Å². The molecule has 18 heavy (non-hydrogen) atoms. The summed E-state index contributed by atoms with van der Waals surface area (Å²) in [6.07, 6.45) is 1.94. The monoisotopic (exact) mass is 280 g/mol. The number of carbonyl (C=O) groups is 1. The van der Waals surface area contributed by atoms with E-state index in [1.54, 1.807) is 6.92 Å². The van der Waals surface area contributed by atoms with Crippen molar-refractivity contribution < 1.29 is 14.3 Å². The van der Waals surface area contributed by atoms with Crippen molar-refractivity contribution in [2.75, 3.05) is 26.4 Å². The minimum absolute atomic E-state index is 0. The molecule has 0 aromatic rings. The van der Waals surface area contributed by atoms with Crippen molar-refractivity contribution in [2.45, 2.75) is 38.8 Å². The second-order valence-corrected chi connectivity index (χ2v) is 4.46. The minimum Gasteiger partial charge on any atom is -0.379 e. The van der Waals surface area contributed by atoms with Crippen LogP contribution in [0.5, 0.6) is 0 Å². The van der Waals surface area contributed by atoms with Crippen LogP contribution >= 0.6 is 12.4 Å². The van der Waals surface area contributed by atoms with Crippen molar-refractivity contribution in [2.24, 2.45) is 11.7 Å². The molecule has 0 aliphatic heterocycles. The fourth-order valence-electron chi connectivity index (χ4n) is 1.56. The highest BCUT2D eigenvalue weighted by molar-refractivity contribution is 5.85. The molecule has 108 valence electrons. The van der Waals surface area contributed by atoms with Crippen LogP contribution in [0.4, 0.5) is 0 Å². The summed E-state index contributed by atoms with van der Waals surface area (Å²) in [5, 5.41) is 2.81. The van der Waals surface area contributed by atoms with Gasteiger partial charge >= 0.3 is 0 Å². The van der Waals surface area contributed by atoms with E-state index in [0.717, 1.165) is 0 Å². The summed E-state index contributed by atoms with van der Waals surface area (Å²) in [6.45, 7) is 5.84. The first-order valence-electron chi connectivity index (χ1n) is 6.37. The molecule has 0 radical (unpaired) electrons. The Morgan fingerprint density at radius 1 is 1.44 bits per heavy atom. The summed E-state index contributed by atoms with van der Waals surface area (Å²) >= 11 is 0. The van der Waals surface area contributed by atoms with Gasteiger partial charge in [-0.3, -0.25) is 4.79 Å². The summed E-state index contributed by atoms with van der Waals surface area (Å²) in [6, 6.07) is 0.0922. The Kier molecular flexibility index (Phi) is 9.36. The molecule has 1 fully saturated rings. The van der Waals surface area contributed by atoms with Gasteiger partial charge in [0.05, 0.1) is 13.2 Å². The third kappa shape index (κ3) is 7.16. The predicted octanol–water partition coefficient (Wildman–Crippen LogP) is 0.703. The maximum Gasteiger partial charge on any atom is 0.248 e. The molecule has 5 nitrogen and oxygen atoms in total. The van der Waals surface area contributed by atoms with Crippen LogP contribution in [0.25, 0.3) is 0 Å². The SMILES string of the molecule is CCOCCOC(C)C(=O)NCC(N)C1CC1.Cl. The van der Waals surface area contributed by atoms with E-state index in [4.69, 9.17) is 15.2 Å². The third-order valence-corrected chi connectivity index (χ3v) is 2.91. The lowest BCUT2D eigenvalue weighted by Gasteiger charge is -2.16. The number of amides is 1. The van der Waals surface area contributed by atoms with E-state index in [0.29, 0.717) is 32.3 Å². The van der Waals surface area contributed by atoms with E-state index in [1.165, 1.54) is 12.8 Å². The lowest BCUT2D eigenvalue weighted by atomic mass is 10.2. The molecule has 1 rings (SSSR count). The zero-order valence-electron chi connectivity index (χ0n) is 11.2. The van der Waals surface area contributed by atoms with Crippen molar-refractivity contribution in [3.63, 3.8) is 0 Å². The van der Waals surface area contributed by atoms with E-state index in [-0.39, 0.29) is 24.4 Å². The summed E-state index contributed by atoms with van der Waals surface area (Å²) in [5.74, 6) is 0.502. The Balaban J connectivity index is 0.00000289. The minimum atomic E-state index is -0.443. The van der Waals surface area contributed by atoms with Gasteiger partial charge < -0.3 is 20.5 Å². The number of halogens is 1. The van der Waals surface area contributed by atoms with Crippen LogP contribution < -0.4 is 11.1 Å². The molecule has 1 aliphatic rings. The average Bonchev–Trinajstić information content (AvgIpc) is 3.14. The van der Waals surface area contributed by atoms with E-state index in [2.05, 4.69) is 5.32 Å². The Labute approximate surface area is 115 Å². The quantitative estimate of drug-likeness (QED) is 0.610. The number of hydrogen-bond acceptors (Lipinski definition) is 4. The molecule has 1 aliphatic carbocycles. The van der Waals surface area contributed by atoms with Crippen LogP contribution in [-0.4, -0.2) is 44.4 Å². The van der Waals surface area contributed by atoms with E-state index < -0.39 is 6.10 Å². The molecule has 2 atom stereocenters. The predicted molar refractivity (Wildman–Crippen MR) is 72.9 cm³/mol. The molecule has 1 saturated carbocycles. The second-order valence-electron chi connectivity index (χ2n) is 4.46. The zero-order valence-corrected chi connectivity index (χ0v) is 12.0. The molecule has 0 aromatic carbocycles. The molecular weight excluding hydrogens is 256 g/mol. The largest absolute Gasteiger partial charge is 0.379 e. The summed E-state index contributed by atoms with van der Waals surface area (Å²) in [4.78, 5) is 11.6. The van der Waals surface area contributed by atoms with Gasteiger partial charge in [-0.05, 0) is 32.6 Å². The first kappa shape index (κ1) is 17.6. The van der Waals surface area contributed by atoms with Crippen LogP contribution in [0.15, 0.2) is 0 Å². The van der Waals surface area contributed by atoms with Gasteiger partial charge in [-0.25, -0.2) is 0 Å². The highest BCUT2D eigenvalue weighted by Gasteiger charge is 2.28. The molecule has 3 N–H and O–H groups in total. The number of hydrogen-bond donors (Lipinski definition) is 2. The topological polar surface area (TPSA) is 73.6 Å². The van der Waals surface area contributed by atoms with Crippen LogP contribution in [0, 0.1) is 5.92 Å². The summed E-state index contributed by atoms with van der Waals surface area (Å²) in [5.41, 5.74) is 5.89. The maximum atomic E-state index is 11.6. The highest BCUT2D eigenvalue weighted by Crippen LogP contribution is 2.31. The fourth-order valence-corrected chi connectivity index (χ4v) is 1.56. The van der Waals surface area contributed by atoms with Gasteiger partial charge in [0.25, 0.3) is 0 Å². The van der Waals surface area contributed by atoms with Crippen molar-refractivity contribution >= 4 is 18.3 Å². The molecular formula is C12H25ClN2O3. The molecule has 2 unspecified atom stereocenters. The number of rotatable bonds is 9. The van der Waals surface area contributed by atoms with Gasteiger partial charge in [-0.2, -0.15) is 0 Å². The van der Waals surface area contributed by atoms with Gasteiger partial charge in [0.2, 0.25) is 5.91 Å². The first-order valence-corrected chi connectivity index (χ1v) is 6.37. The van der Waals surface area contributed by atoms with Crippen molar-refractivity contribution in [3.05, 3.63) is 0 Å². The lowest BCUT2D eigenvalue weighted by molar-refractivity contribution is -0.132. The normalized spacial score (nSPS) is 17.7. The Hall–Kier alpha value is -0.360. The number of carbonyl (C=O) groups excluding carboxylic acids is 1. The Morgan fingerprint density at radius 2 is 2.11 bits per heavy atom. The van der Waals surface area contributed by atoms with Crippen LogP contribution in [0.2, 0.25) is 0 Å². The van der Waals surface area contributed by atoms with Crippen molar-refractivity contribution in [3.8, 4) is 0 Å². The zero-order chi connectivity index (χ0) is 12.7. The van der Waals surface area contributed by atoms with Crippen LogP contribution in [0.3, 0.4) is 0 Å². The first-order chi connectivity index (χ1) is 8.15. The summed E-state index contributed by atoms with van der Waals surface area (Å²) in [7, 11) is 0. The van der Waals surface area contributed by atoms with Crippen LogP contribution in [-0.2, 0) is 14.3 Å². The molecule has 0 heterocycles. The number of nitrogens with one attached hydrogen (secondary N) is 1. The van der Waals surface area contributed by atoms with Crippen LogP contribution in [0.1, 0.15) is 26.7 Å². The number of nitrogens with two attached hydrogens (primary N) is 1. The molecule has 6 heteroatoms. The maximum absolute atomic E-state index is 11.6. The highest BCUT2D eigenvalue weighted by atomic mass is 35.5. The lowest BCUT2D eigenvalue weighted by Crippen LogP contribution is -2.43. The van der Waals surface area contributed by atoms with E-state index in [1.807, 2.05) is 6.92 Å². The van der Waals surface area contributed by atoms with Gasteiger partial charge in [0, 0.05) is 19.2 Å². The fraction of sp³-hybridized carbons (Fsp3) is 0.917. The van der Waals surface area contributed by atoms with Gasteiger partial charge in [0.15, 0.2) is 0 Å². The van der Waals surface area contributed by atoms with E-state index in [9.17, 15) is 4.79 Å². The molecule has 0 saturated heterocycles. The third-order valence-electron chi connectivity index (χ3n) is 2.91. The molecule has 0 aromatic heterocycles. The average molecular weight is 281 g/mol. The Bertz CT molecular complexity index is 237.